The van der Waals surface area contributed by atoms with Gasteiger partial charge in [0, 0.05) is 18.8 Å². The zero-order chi connectivity index (χ0) is 24.6. The number of anilines is 1. The number of nitrogens with zero attached hydrogens (tertiary/aromatic N) is 1. The third kappa shape index (κ3) is 5.11. The molecule has 0 aromatic heterocycles. The van der Waals surface area contributed by atoms with E-state index >= 15 is 0 Å². The van der Waals surface area contributed by atoms with Crippen molar-refractivity contribution in [2.24, 2.45) is 0 Å². The van der Waals surface area contributed by atoms with E-state index in [4.69, 9.17) is 9.47 Å². The highest BCUT2D eigenvalue weighted by molar-refractivity contribution is 7.90. The van der Waals surface area contributed by atoms with Crippen molar-refractivity contribution in [1.29, 1.82) is 0 Å². The average molecular weight is 494 g/mol. The zero-order valence-electron chi connectivity index (χ0n) is 19.6. The molecule has 1 unspecified atom stereocenters. The molecule has 0 bridgehead atoms. The van der Waals surface area contributed by atoms with Gasteiger partial charge in [0.05, 0.1) is 16.7 Å². The van der Waals surface area contributed by atoms with Crippen molar-refractivity contribution >= 4 is 21.6 Å². The zero-order valence-corrected chi connectivity index (χ0v) is 20.4. The summed E-state index contributed by atoms with van der Waals surface area (Å²) in [5, 5.41) is 5.62. The number of hydrogen-bond acceptors (Lipinski definition) is 6. The van der Waals surface area contributed by atoms with Crippen LogP contribution >= 0.6 is 0 Å². The Morgan fingerprint density at radius 1 is 0.971 bits per heavy atom. The van der Waals surface area contributed by atoms with Gasteiger partial charge in [-0.3, -0.25) is 4.90 Å². The summed E-state index contributed by atoms with van der Waals surface area (Å²) in [5.74, 6) is 1.27. The molecule has 0 aliphatic carbocycles. The van der Waals surface area contributed by atoms with E-state index in [1.54, 1.807) is 12.1 Å². The molecule has 2 aliphatic rings. The monoisotopic (exact) mass is 493 g/mol. The van der Waals surface area contributed by atoms with E-state index < -0.39 is 15.9 Å². The highest BCUT2D eigenvalue weighted by Crippen LogP contribution is 2.34. The number of fused-ring (bicyclic) bond motifs is 2. The third-order valence-corrected chi connectivity index (χ3v) is 7.93. The molecule has 8 nitrogen and oxygen atoms in total. The SMILES string of the molecule is CC(NC(=O)Nc1ccc(S(=O)(=O)Cc2ccc3c(c2)CN(C)C3)cc1)c1ccc2c(c1)OCO2. The topological polar surface area (TPSA) is 97.0 Å². The molecule has 3 aromatic carbocycles. The smallest absolute Gasteiger partial charge is 0.319 e. The Balaban J connectivity index is 1.20. The molecule has 0 spiro atoms. The first kappa shape index (κ1) is 23.2. The van der Waals surface area contributed by atoms with E-state index in [9.17, 15) is 13.2 Å². The summed E-state index contributed by atoms with van der Waals surface area (Å²) >= 11 is 0. The number of amides is 2. The fraction of sp³-hybridized carbons (Fsp3) is 0.269. The first-order valence-corrected chi connectivity index (χ1v) is 13.0. The maximum absolute atomic E-state index is 13.0. The first-order valence-electron chi connectivity index (χ1n) is 11.4. The number of rotatable bonds is 6. The predicted molar refractivity (Wildman–Crippen MR) is 132 cm³/mol. The number of benzene rings is 3. The highest BCUT2D eigenvalue weighted by atomic mass is 32.2. The molecule has 9 heteroatoms. The first-order chi connectivity index (χ1) is 16.8. The summed E-state index contributed by atoms with van der Waals surface area (Å²) < 4.78 is 36.6. The minimum absolute atomic E-state index is 0.0652. The fourth-order valence-corrected chi connectivity index (χ4v) is 5.72. The molecule has 0 fully saturated rings. The Kier molecular flexibility index (Phi) is 6.12. The van der Waals surface area contributed by atoms with Gasteiger partial charge in [0.1, 0.15) is 0 Å². The Morgan fingerprint density at radius 3 is 2.51 bits per heavy atom. The van der Waals surface area contributed by atoms with Crippen molar-refractivity contribution in [2.75, 3.05) is 19.2 Å². The van der Waals surface area contributed by atoms with E-state index in [2.05, 4.69) is 15.5 Å². The van der Waals surface area contributed by atoms with Crippen molar-refractivity contribution in [2.45, 2.75) is 36.7 Å². The maximum atomic E-state index is 13.0. The van der Waals surface area contributed by atoms with Crippen molar-refractivity contribution < 1.29 is 22.7 Å². The van der Waals surface area contributed by atoms with Crippen LogP contribution in [0.4, 0.5) is 10.5 Å². The molecule has 0 saturated heterocycles. The number of ether oxygens (including phenoxy) is 2. The molecule has 2 heterocycles. The van der Waals surface area contributed by atoms with E-state index in [-0.39, 0.29) is 23.5 Å². The van der Waals surface area contributed by atoms with Gasteiger partial charge in [0.25, 0.3) is 0 Å². The van der Waals surface area contributed by atoms with Crippen LogP contribution in [0.2, 0.25) is 0 Å². The van der Waals surface area contributed by atoms with Gasteiger partial charge in [-0.05, 0) is 72.6 Å². The minimum atomic E-state index is -3.51. The third-order valence-electron chi connectivity index (χ3n) is 6.22. The summed E-state index contributed by atoms with van der Waals surface area (Å²) in [6, 6.07) is 17.0. The molecule has 35 heavy (non-hydrogen) atoms. The van der Waals surface area contributed by atoms with Crippen LogP contribution in [0, 0.1) is 0 Å². The standard InChI is InChI=1S/C26H27N3O5S/c1-17(19-5-10-24-25(12-19)34-16-33-24)27-26(30)28-22-6-8-23(9-7-22)35(31,32)15-18-3-4-20-13-29(2)14-21(20)11-18/h3-12,17H,13-16H2,1-2H3,(H2,27,28,30). The molecule has 1 atom stereocenters. The maximum Gasteiger partial charge on any atom is 0.319 e. The normalized spacial score (nSPS) is 15.5. The summed E-state index contributed by atoms with van der Waals surface area (Å²) in [6.07, 6.45) is 0. The molecule has 3 aromatic rings. The van der Waals surface area contributed by atoms with Crippen LogP contribution < -0.4 is 20.1 Å². The molecule has 182 valence electrons. The number of carbonyl (C=O) groups excluding carboxylic acids is 1. The largest absolute Gasteiger partial charge is 0.454 e. The van der Waals surface area contributed by atoms with Crippen LogP contribution in [0.1, 0.15) is 35.2 Å². The lowest BCUT2D eigenvalue weighted by atomic mass is 10.1. The van der Waals surface area contributed by atoms with Crippen molar-refractivity contribution in [3.8, 4) is 11.5 Å². The van der Waals surface area contributed by atoms with Gasteiger partial charge in [0.15, 0.2) is 21.3 Å². The molecular formula is C26H27N3O5S. The lowest BCUT2D eigenvalue weighted by Gasteiger charge is -2.16. The van der Waals surface area contributed by atoms with Crippen LogP contribution in [0.3, 0.4) is 0 Å². The average Bonchev–Trinajstić information content (AvgIpc) is 3.43. The van der Waals surface area contributed by atoms with Gasteiger partial charge in [0.2, 0.25) is 6.79 Å². The van der Waals surface area contributed by atoms with Gasteiger partial charge >= 0.3 is 6.03 Å². The lowest BCUT2D eigenvalue weighted by Crippen LogP contribution is -2.31. The van der Waals surface area contributed by atoms with Crippen LogP contribution in [0.15, 0.2) is 65.6 Å². The van der Waals surface area contributed by atoms with Crippen molar-refractivity contribution in [3.05, 3.63) is 82.9 Å². The van der Waals surface area contributed by atoms with Crippen molar-refractivity contribution in [1.82, 2.24) is 10.2 Å². The highest BCUT2D eigenvalue weighted by Gasteiger charge is 2.20. The molecule has 2 amide bonds. The lowest BCUT2D eigenvalue weighted by molar-refractivity contribution is 0.174. The summed E-state index contributed by atoms with van der Waals surface area (Å²) in [7, 11) is -1.47. The predicted octanol–water partition coefficient (Wildman–Crippen LogP) is 4.22. The Hall–Kier alpha value is -3.56. The molecule has 0 saturated carbocycles. The molecule has 2 aliphatic heterocycles. The van der Waals surface area contributed by atoms with E-state index in [1.807, 2.05) is 50.4 Å². The van der Waals surface area contributed by atoms with Crippen molar-refractivity contribution in [3.63, 3.8) is 0 Å². The van der Waals surface area contributed by atoms with Gasteiger partial charge in [-0.25, -0.2) is 13.2 Å². The minimum Gasteiger partial charge on any atom is -0.454 e. The molecule has 0 radical (unpaired) electrons. The number of hydrogen-bond donors (Lipinski definition) is 2. The Labute approximate surface area is 204 Å². The van der Waals surface area contributed by atoms with Gasteiger partial charge < -0.3 is 20.1 Å². The molecular weight excluding hydrogens is 466 g/mol. The Morgan fingerprint density at radius 2 is 1.71 bits per heavy atom. The Bertz CT molecular complexity index is 1370. The van der Waals surface area contributed by atoms with Crippen LogP contribution in [0.25, 0.3) is 0 Å². The van der Waals surface area contributed by atoms with E-state index in [0.717, 1.165) is 24.2 Å². The van der Waals surface area contributed by atoms with E-state index in [1.165, 1.54) is 23.3 Å². The van der Waals surface area contributed by atoms with Gasteiger partial charge in [-0.15, -0.1) is 0 Å². The van der Waals surface area contributed by atoms with Crippen LogP contribution in [-0.4, -0.2) is 33.2 Å². The van der Waals surface area contributed by atoms with Gasteiger partial charge in [-0.1, -0.05) is 24.3 Å². The van der Waals surface area contributed by atoms with E-state index in [0.29, 0.717) is 17.2 Å². The summed E-state index contributed by atoms with van der Waals surface area (Å²) in [6.45, 7) is 3.78. The second kappa shape index (κ2) is 9.24. The number of nitrogens with one attached hydrogen (secondary N) is 2. The molecule has 2 N–H and O–H groups in total. The second-order valence-corrected chi connectivity index (χ2v) is 11.0. The van der Waals surface area contributed by atoms with Gasteiger partial charge in [-0.2, -0.15) is 0 Å². The van der Waals surface area contributed by atoms with Crippen LogP contribution in [0.5, 0.6) is 11.5 Å². The number of carbonyl (C=O) groups is 1. The second-order valence-electron chi connectivity index (χ2n) is 8.99. The number of urea groups is 1. The fourth-order valence-electron chi connectivity index (χ4n) is 4.39. The quantitative estimate of drug-likeness (QED) is 0.534. The summed E-state index contributed by atoms with van der Waals surface area (Å²) in [5.41, 5.74) is 4.58. The summed E-state index contributed by atoms with van der Waals surface area (Å²) in [4.78, 5) is 14.9. The molecule has 5 rings (SSSR count). The van der Waals surface area contributed by atoms with Crippen LogP contribution in [-0.2, 0) is 28.7 Å². The number of sulfone groups is 1.